The Bertz CT molecular complexity index is 696. The Labute approximate surface area is 141 Å². The monoisotopic (exact) mass is 358 g/mol. The molecule has 7 nitrogen and oxygen atoms in total. The van der Waals surface area contributed by atoms with Crippen molar-refractivity contribution in [1.82, 2.24) is 0 Å². The van der Waals surface area contributed by atoms with E-state index in [1.54, 1.807) is 26.0 Å². The van der Waals surface area contributed by atoms with Gasteiger partial charge < -0.3 is 19.3 Å². The Morgan fingerprint density at radius 1 is 1.21 bits per heavy atom. The van der Waals surface area contributed by atoms with Gasteiger partial charge in [-0.15, -0.1) is 0 Å². The van der Waals surface area contributed by atoms with Crippen LogP contribution < -0.4 is 0 Å². The molecule has 5 atom stereocenters. The molecule has 2 fully saturated rings. The van der Waals surface area contributed by atoms with Gasteiger partial charge >= 0.3 is 0 Å². The van der Waals surface area contributed by atoms with Crippen LogP contribution in [-0.4, -0.2) is 50.0 Å². The second-order valence-electron chi connectivity index (χ2n) is 6.64. The molecule has 0 radical (unpaired) electrons. The zero-order chi connectivity index (χ0) is 17.7. The molecule has 2 saturated heterocycles. The van der Waals surface area contributed by atoms with Crippen molar-refractivity contribution in [1.29, 1.82) is 0 Å². The maximum atomic E-state index is 12.6. The molecule has 2 heterocycles. The van der Waals surface area contributed by atoms with Crippen molar-refractivity contribution in [2.75, 3.05) is 0 Å². The Hall–Kier alpha value is -1.03. The summed E-state index contributed by atoms with van der Waals surface area (Å²) in [5.74, 6) is -0.909. The topological polar surface area (TPSA) is 91.3 Å². The van der Waals surface area contributed by atoms with Gasteiger partial charge in [0.25, 0.3) is 10.1 Å². The minimum Gasteiger partial charge on any atom is -0.391 e. The van der Waals surface area contributed by atoms with Crippen LogP contribution >= 0.6 is 0 Å². The Morgan fingerprint density at radius 3 is 2.42 bits per heavy atom. The van der Waals surface area contributed by atoms with Gasteiger partial charge in [0.2, 0.25) is 0 Å². The number of aryl methyl sites for hydroxylation is 1. The van der Waals surface area contributed by atoms with E-state index in [2.05, 4.69) is 0 Å². The molecule has 0 saturated carbocycles. The van der Waals surface area contributed by atoms with Gasteiger partial charge in [0, 0.05) is 0 Å². The SMILES string of the molecule is Cc1ccc(S(=O)(=O)O[C@@H]2[C@H]3OC(C)(C)O[C@H]3O[C@@H]2[C@H](C)O)cc1. The summed E-state index contributed by atoms with van der Waals surface area (Å²) in [6, 6.07) is 6.33. The first-order chi connectivity index (χ1) is 11.1. The molecule has 1 aromatic carbocycles. The van der Waals surface area contributed by atoms with Crippen LogP contribution in [-0.2, 0) is 28.5 Å². The summed E-state index contributed by atoms with van der Waals surface area (Å²) in [7, 11) is -4.03. The molecule has 2 aliphatic heterocycles. The molecule has 0 bridgehead atoms. The van der Waals surface area contributed by atoms with Crippen molar-refractivity contribution < 1.29 is 31.9 Å². The third-order valence-electron chi connectivity index (χ3n) is 4.05. The number of hydrogen-bond donors (Lipinski definition) is 1. The summed E-state index contributed by atoms with van der Waals surface area (Å²) in [5.41, 5.74) is 0.939. The van der Waals surface area contributed by atoms with Crippen molar-refractivity contribution >= 4 is 10.1 Å². The second kappa shape index (κ2) is 6.05. The van der Waals surface area contributed by atoms with Gasteiger partial charge in [0.1, 0.15) is 18.3 Å². The first-order valence-corrected chi connectivity index (χ1v) is 9.19. The summed E-state index contributed by atoms with van der Waals surface area (Å²) in [4.78, 5) is 0.0408. The van der Waals surface area contributed by atoms with Crippen LogP contribution in [0.3, 0.4) is 0 Å². The van der Waals surface area contributed by atoms with E-state index in [1.165, 1.54) is 19.1 Å². The normalized spacial score (nSPS) is 33.4. The van der Waals surface area contributed by atoms with Crippen LogP contribution in [0.25, 0.3) is 0 Å². The minimum atomic E-state index is -4.03. The van der Waals surface area contributed by atoms with E-state index in [4.69, 9.17) is 18.4 Å². The third kappa shape index (κ3) is 3.35. The number of hydrogen-bond acceptors (Lipinski definition) is 7. The largest absolute Gasteiger partial charge is 0.391 e. The van der Waals surface area contributed by atoms with E-state index >= 15 is 0 Å². The number of aliphatic hydroxyl groups is 1. The molecule has 0 amide bonds. The van der Waals surface area contributed by atoms with Crippen LogP contribution in [0.2, 0.25) is 0 Å². The average Bonchev–Trinajstić information content (AvgIpc) is 2.92. The smallest absolute Gasteiger partial charge is 0.297 e. The molecule has 2 aliphatic rings. The van der Waals surface area contributed by atoms with Crippen LogP contribution in [0.4, 0.5) is 0 Å². The van der Waals surface area contributed by atoms with Crippen molar-refractivity contribution in [3.8, 4) is 0 Å². The van der Waals surface area contributed by atoms with E-state index in [9.17, 15) is 13.5 Å². The molecule has 8 heteroatoms. The van der Waals surface area contributed by atoms with Crippen molar-refractivity contribution in [3.63, 3.8) is 0 Å². The van der Waals surface area contributed by atoms with Gasteiger partial charge in [-0.25, -0.2) is 0 Å². The lowest BCUT2D eigenvalue weighted by Gasteiger charge is -2.26. The predicted molar refractivity (Wildman–Crippen MR) is 83.6 cm³/mol. The molecule has 1 N–H and O–H groups in total. The average molecular weight is 358 g/mol. The summed E-state index contributed by atoms with van der Waals surface area (Å²) in [5, 5.41) is 9.90. The lowest BCUT2D eigenvalue weighted by Crippen LogP contribution is -2.42. The first kappa shape index (κ1) is 17.8. The van der Waals surface area contributed by atoms with E-state index in [0.717, 1.165) is 5.56 Å². The van der Waals surface area contributed by atoms with Gasteiger partial charge in [-0.3, -0.25) is 4.18 Å². The van der Waals surface area contributed by atoms with Crippen molar-refractivity contribution in [3.05, 3.63) is 29.8 Å². The summed E-state index contributed by atoms with van der Waals surface area (Å²) in [6.07, 6.45) is -4.32. The minimum absolute atomic E-state index is 0.0408. The number of fused-ring (bicyclic) bond motifs is 1. The standard InChI is InChI=1S/C16H22O7S/c1-9-5-7-11(8-6-9)24(18,19)23-13-12(10(2)17)20-15-14(13)21-16(3,4)22-15/h5-8,10,12-15,17H,1-4H3/t10-,12+,13-,14+,15+/m0/s1. The molecule has 0 aromatic heterocycles. The van der Waals surface area contributed by atoms with E-state index < -0.39 is 46.6 Å². The highest BCUT2D eigenvalue weighted by atomic mass is 32.2. The molecule has 0 spiro atoms. The molecule has 0 unspecified atom stereocenters. The lowest BCUT2D eigenvalue weighted by molar-refractivity contribution is -0.222. The van der Waals surface area contributed by atoms with Crippen LogP contribution in [0.5, 0.6) is 0 Å². The highest BCUT2D eigenvalue weighted by Crippen LogP contribution is 2.40. The molecule has 0 aliphatic carbocycles. The van der Waals surface area contributed by atoms with Crippen LogP contribution in [0.15, 0.2) is 29.2 Å². The third-order valence-corrected chi connectivity index (χ3v) is 5.37. The van der Waals surface area contributed by atoms with Crippen LogP contribution in [0.1, 0.15) is 26.3 Å². The summed E-state index contributed by atoms with van der Waals surface area (Å²) < 4.78 is 47.4. The van der Waals surface area contributed by atoms with Crippen molar-refractivity contribution in [2.24, 2.45) is 0 Å². The fourth-order valence-electron chi connectivity index (χ4n) is 2.91. The van der Waals surface area contributed by atoms with Crippen molar-refractivity contribution in [2.45, 2.75) is 69.1 Å². The van der Waals surface area contributed by atoms with Gasteiger partial charge in [-0.2, -0.15) is 8.42 Å². The highest BCUT2D eigenvalue weighted by molar-refractivity contribution is 7.86. The maximum absolute atomic E-state index is 12.6. The molecule has 24 heavy (non-hydrogen) atoms. The Kier molecular flexibility index (Phi) is 4.48. The van der Waals surface area contributed by atoms with Gasteiger partial charge in [-0.05, 0) is 39.8 Å². The number of ether oxygens (including phenoxy) is 3. The number of benzene rings is 1. The van der Waals surface area contributed by atoms with Gasteiger partial charge in [0.05, 0.1) is 11.0 Å². The molecule has 1 aromatic rings. The second-order valence-corrected chi connectivity index (χ2v) is 8.21. The molecule has 3 rings (SSSR count). The Morgan fingerprint density at radius 2 is 1.83 bits per heavy atom. The number of aliphatic hydroxyl groups excluding tert-OH is 1. The molecular weight excluding hydrogens is 336 g/mol. The zero-order valence-electron chi connectivity index (χ0n) is 14.0. The van der Waals surface area contributed by atoms with Gasteiger partial charge in [0.15, 0.2) is 12.1 Å². The zero-order valence-corrected chi connectivity index (χ0v) is 14.8. The first-order valence-electron chi connectivity index (χ1n) is 7.78. The number of rotatable bonds is 4. The maximum Gasteiger partial charge on any atom is 0.297 e. The van der Waals surface area contributed by atoms with E-state index in [0.29, 0.717) is 0 Å². The quantitative estimate of drug-likeness (QED) is 0.812. The summed E-state index contributed by atoms with van der Waals surface area (Å²) in [6.45, 7) is 6.78. The van der Waals surface area contributed by atoms with E-state index in [-0.39, 0.29) is 4.90 Å². The van der Waals surface area contributed by atoms with Crippen LogP contribution in [0, 0.1) is 6.92 Å². The molecule has 134 valence electrons. The summed E-state index contributed by atoms with van der Waals surface area (Å²) >= 11 is 0. The van der Waals surface area contributed by atoms with E-state index in [1.807, 2.05) is 6.92 Å². The lowest BCUT2D eigenvalue weighted by atomic mass is 10.1. The fraction of sp³-hybridized carbons (Fsp3) is 0.625. The fourth-order valence-corrected chi connectivity index (χ4v) is 4.00. The Balaban J connectivity index is 1.86. The predicted octanol–water partition coefficient (Wildman–Crippen LogP) is 1.33. The molecular formula is C16H22O7S. The van der Waals surface area contributed by atoms with Gasteiger partial charge in [-0.1, -0.05) is 17.7 Å². The highest BCUT2D eigenvalue weighted by Gasteiger charge is 2.57.